The molecule has 0 spiro atoms. The fourth-order valence-electron chi connectivity index (χ4n) is 2.79. The first-order valence-corrected chi connectivity index (χ1v) is 7.53. The molecule has 1 heterocycles. The first-order valence-electron chi connectivity index (χ1n) is 6.45. The smallest absolute Gasteiger partial charge is 0.293 e. The Labute approximate surface area is 126 Å². The van der Waals surface area contributed by atoms with Crippen molar-refractivity contribution in [3.8, 4) is 0 Å². The van der Waals surface area contributed by atoms with Gasteiger partial charge in [0.05, 0.1) is 4.92 Å². The molecule has 2 atom stereocenters. The summed E-state index contributed by atoms with van der Waals surface area (Å²) in [4.78, 5) is 13.0. The highest BCUT2D eigenvalue weighted by Crippen LogP contribution is 2.35. The molecule has 2 rings (SSSR count). The van der Waals surface area contributed by atoms with E-state index in [9.17, 15) is 10.1 Å². The van der Waals surface area contributed by atoms with Crippen molar-refractivity contribution in [2.45, 2.75) is 25.8 Å². The van der Waals surface area contributed by atoms with Gasteiger partial charge in [0, 0.05) is 28.8 Å². The summed E-state index contributed by atoms with van der Waals surface area (Å²) in [6.45, 7) is 3.54. The summed E-state index contributed by atoms with van der Waals surface area (Å²) in [7, 11) is 0. The second-order valence-electron chi connectivity index (χ2n) is 5.01. The second kappa shape index (κ2) is 6.04. The minimum atomic E-state index is -0.301. The van der Waals surface area contributed by atoms with Crippen molar-refractivity contribution in [1.29, 1.82) is 0 Å². The lowest BCUT2D eigenvalue weighted by Gasteiger charge is -2.40. The van der Waals surface area contributed by atoms with Gasteiger partial charge in [0.1, 0.15) is 5.69 Å². The maximum atomic E-state index is 11.2. The van der Waals surface area contributed by atoms with Crippen LogP contribution >= 0.6 is 22.6 Å². The normalized spacial score (nSPS) is 23.4. The van der Waals surface area contributed by atoms with Crippen molar-refractivity contribution >= 4 is 34.0 Å². The summed E-state index contributed by atoms with van der Waals surface area (Å²) in [6.07, 6.45) is 2.19. The van der Waals surface area contributed by atoms with E-state index in [0.717, 1.165) is 23.0 Å². The SMILES string of the molecule is CC1CCCN(c2ccc(I)cc2[N+](=O)[O-])C1CN. The van der Waals surface area contributed by atoms with Gasteiger partial charge in [0.25, 0.3) is 5.69 Å². The lowest BCUT2D eigenvalue weighted by atomic mass is 9.90. The van der Waals surface area contributed by atoms with Crippen molar-refractivity contribution < 1.29 is 4.92 Å². The van der Waals surface area contributed by atoms with Gasteiger partial charge in [-0.2, -0.15) is 0 Å². The minimum absolute atomic E-state index is 0.180. The van der Waals surface area contributed by atoms with Crippen LogP contribution in [-0.4, -0.2) is 24.1 Å². The molecule has 1 aromatic rings. The van der Waals surface area contributed by atoms with E-state index in [0.29, 0.717) is 18.2 Å². The molecule has 0 aromatic heterocycles. The highest BCUT2D eigenvalue weighted by Gasteiger charge is 2.31. The van der Waals surface area contributed by atoms with Crippen LogP contribution in [0.3, 0.4) is 0 Å². The van der Waals surface area contributed by atoms with Crippen molar-refractivity contribution in [2.75, 3.05) is 18.0 Å². The number of anilines is 1. The van der Waals surface area contributed by atoms with Gasteiger partial charge >= 0.3 is 0 Å². The van der Waals surface area contributed by atoms with Gasteiger partial charge in [-0.1, -0.05) is 6.92 Å². The Morgan fingerprint density at radius 3 is 2.95 bits per heavy atom. The number of benzene rings is 1. The van der Waals surface area contributed by atoms with Gasteiger partial charge in [-0.15, -0.1) is 0 Å². The number of hydrogen-bond donors (Lipinski definition) is 1. The van der Waals surface area contributed by atoms with E-state index in [1.165, 1.54) is 0 Å². The zero-order chi connectivity index (χ0) is 14.0. The molecule has 0 radical (unpaired) electrons. The fourth-order valence-corrected chi connectivity index (χ4v) is 3.27. The molecule has 2 N–H and O–H groups in total. The maximum absolute atomic E-state index is 11.2. The average Bonchev–Trinajstić information content (AvgIpc) is 2.38. The van der Waals surface area contributed by atoms with E-state index < -0.39 is 0 Å². The Morgan fingerprint density at radius 2 is 2.32 bits per heavy atom. The summed E-state index contributed by atoms with van der Waals surface area (Å²) in [5.41, 5.74) is 6.75. The third-order valence-corrected chi connectivity index (χ3v) is 4.47. The van der Waals surface area contributed by atoms with E-state index in [4.69, 9.17) is 5.73 Å². The number of nitrogens with zero attached hydrogens (tertiary/aromatic N) is 2. The molecule has 0 amide bonds. The van der Waals surface area contributed by atoms with Crippen molar-refractivity contribution in [3.05, 3.63) is 31.9 Å². The number of rotatable bonds is 3. The van der Waals surface area contributed by atoms with Crippen LogP contribution in [0, 0.1) is 19.6 Å². The lowest BCUT2D eigenvalue weighted by Crippen LogP contribution is -2.49. The quantitative estimate of drug-likeness (QED) is 0.501. The molecule has 1 aliphatic rings. The van der Waals surface area contributed by atoms with Crippen LogP contribution in [0.15, 0.2) is 18.2 Å². The zero-order valence-electron chi connectivity index (χ0n) is 10.9. The second-order valence-corrected chi connectivity index (χ2v) is 6.25. The van der Waals surface area contributed by atoms with Crippen molar-refractivity contribution in [2.24, 2.45) is 11.7 Å². The molecule has 0 saturated carbocycles. The van der Waals surface area contributed by atoms with Crippen LogP contribution in [0.25, 0.3) is 0 Å². The number of piperidine rings is 1. The summed E-state index contributed by atoms with van der Waals surface area (Å²) in [6, 6.07) is 5.58. The number of nitro benzene ring substituents is 1. The van der Waals surface area contributed by atoms with Crippen molar-refractivity contribution in [1.82, 2.24) is 0 Å². The molecule has 104 valence electrons. The van der Waals surface area contributed by atoms with Gasteiger partial charge < -0.3 is 10.6 Å². The van der Waals surface area contributed by atoms with E-state index in [-0.39, 0.29) is 16.7 Å². The lowest BCUT2D eigenvalue weighted by molar-refractivity contribution is -0.384. The first-order chi connectivity index (χ1) is 9.04. The third kappa shape index (κ3) is 3.00. The van der Waals surface area contributed by atoms with Crippen LogP contribution in [0.4, 0.5) is 11.4 Å². The number of nitrogens with two attached hydrogens (primary N) is 1. The largest absolute Gasteiger partial charge is 0.361 e. The Bertz CT molecular complexity index is 481. The summed E-state index contributed by atoms with van der Waals surface area (Å²) in [5, 5.41) is 11.2. The van der Waals surface area contributed by atoms with E-state index in [2.05, 4.69) is 34.4 Å². The highest BCUT2D eigenvalue weighted by molar-refractivity contribution is 14.1. The van der Waals surface area contributed by atoms with Crippen LogP contribution in [0.5, 0.6) is 0 Å². The Kier molecular flexibility index (Phi) is 4.62. The summed E-state index contributed by atoms with van der Waals surface area (Å²) >= 11 is 2.10. The molecule has 1 aromatic carbocycles. The molecule has 1 fully saturated rings. The maximum Gasteiger partial charge on any atom is 0.293 e. The number of halogens is 1. The molecule has 5 nitrogen and oxygen atoms in total. The van der Waals surface area contributed by atoms with E-state index >= 15 is 0 Å². The van der Waals surface area contributed by atoms with E-state index in [1.54, 1.807) is 6.07 Å². The summed E-state index contributed by atoms with van der Waals surface area (Å²) < 4.78 is 0.877. The monoisotopic (exact) mass is 375 g/mol. The van der Waals surface area contributed by atoms with Gasteiger partial charge in [-0.05, 0) is 53.5 Å². The molecule has 19 heavy (non-hydrogen) atoms. The molecule has 1 saturated heterocycles. The average molecular weight is 375 g/mol. The first kappa shape index (κ1) is 14.5. The predicted molar refractivity (Wildman–Crippen MR) is 84.4 cm³/mol. The van der Waals surface area contributed by atoms with E-state index in [1.807, 2.05) is 12.1 Å². The van der Waals surface area contributed by atoms with Crippen LogP contribution in [0.1, 0.15) is 19.8 Å². The topological polar surface area (TPSA) is 72.4 Å². The standard InChI is InChI=1S/C13H18IN3O2/c1-9-3-2-6-16(13(9)8-15)11-5-4-10(14)7-12(11)17(18)19/h4-5,7,9,13H,2-3,6,8,15H2,1H3. The molecule has 1 aliphatic heterocycles. The Balaban J connectivity index is 2.42. The molecular formula is C13H18IN3O2. The molecular weight excluding hydrogens is 357 g/mol. The van der Waals surface area contributed by atoms with Crippen molar-refractivity contribution in [3.63, 3.8) is 0 Å². The molecule has 2 unspecified atom stereocenters. The minimum Gasteiger partial charge on any atom is -0.361 e. The summed E-state index contributed by atoms with van der Waals surface area (Å²) in [5.74, 6) is 0.470. The van der Waals surface area contributed by atoms with Gasteiger partial charge in [-0.3, -0.25) is 10.1 Å². The number of nitro groups is 1. The van der Waals surface area contributed by atoms with Crippen LogP contribution < -0.4 is 10.6 Å². The third-order valence-electron chi connectivity index (χ3n) is 3.80. The van der Waals surface area contributed by atoms with Gasteiger partial charge in [0.2, 0.25) is 0 Å². The van der Waals surface area contributed by atoms with Gasteiger partial charge in [0.15, 0.2) is 0 Å². The highest BCUT2D eigenvalue weighted by atomic mass is 127. The number of hydrogen-bond acceptors (Lipinski definition) is 4. The Morgan fingerprint density at radius 1 is 1.58 bits per heavy atom. The van der Waals surface area contributed by atoms with Gasteiger partial charge in [-0.25, -0.2) is 0 Å². The molecule has 0 aliphatic carbocycles. The Hall–Kier alpha value is -0.890. The fraction of sp³-hybridized carbons (Fsp3) is 0.538. The zero-order valence-corrected chi connectivity index (χ0v) is 13.0. The molecule has 6 heteroatoms. The predicted octanol–water partition coefficient (Wildman–Crippen LogP) is 2.76. The van der Waals surface area contributed by atoms with Crippen LogP contribution in [0.2, 0.25) is 0 Å². The molecule has 0 bridgehead atoms. The van der Waals surface area contributed by atoms with Crippen LogP contribution in [-0.2, 0) is 0 Å².